The molecular formula is C16H10Cl2N2O3. The van der Waals surface area contributed by atoms with Gasteiger partial charge in [-0.25, -0.2) is 4.79 Å². The number of methoxy groups -OCH3 is 1. The highest BCUT2D eigenvalue weighted by Gasteiger charge is 2.15. The van der Waals surface area contributed by atoms with Crippen LogP contribution in [0.4, 0.5) is 0 Å². The molecule has 0 radical (unpaired) electrons. The van der Waals surface area contributed by atoms with Gasteiger partial charge in [0.15, 0.2) is 0 Å². The molecule has 7 heteroatoms. The first-order valence-corrected chi connectivity index (χ1v) is 7.32. The average Bonchev–Trinajstić information content (AvgIpc) is 3.04. The maximum Gasteiger partial charge on any atom is 0.337 e. The van der Waals surface area contributed by atoms with E-state index in [9.17, 15) is 4.79 Å². The number of carbonyl (C=O) groups is 1. The fraction of sp³-hybridized carbons (Fsp3) is 0.0625. The number of hydrogen-bond acceptors (Lipinski definition) is 5. The molecule has 0 aliphatic heterocycles. The van der Waals surface area contributed by atoms with E-state index in [0.29, 0.717) is 32.6 Å². The number of benzene rings is 2. The Hall–Kier alpha value is -2.37. The molecule has 3 aromatic rings. The topological polar surface area (TPSA) is 65.2 Å². The van der Waals surface area contributed by atoms with Gasteiger partial charge in [-0.05, 0) is 30.3 Å². The molecule has 0 saturated heterocycles. The lowest BCUT2D eigenvalue weighted by molar-refractivity contribution is 0.0601. The van der Waals surface area contributed by atoms with Crippen molar-refractivity contribution in [1.82, 2.24) is 10.1 Å². The maximum absolute atomic E-state index is 11.6. The molecule has 116 valence electrons. The molecule has 1 heterocycles. The Morgan fingerprint density at radius 3 is 2.74 bits per heavy atom. The lowest BCUT2D eigenvalue weighted by Crippen LogP contribution is -2.00. The van der Waals surface area contributed by atoms with Gasteiger partial charge in [-0.15, -0.1) is 0 Å². The van der Waals surface area contributed by atoms with Gasteiger partial charge in [0.05, 0.1) is 23.3 Å². The molecule has 1 aromatic heterocycles. The molecule has 0 aliphatic rings. The van der Waals surface area contributed by atoms with Crippen LogP contribution in [-0.4, -0.2) is 23.2 Å². The summed E-state index contributed by atoms with van der Waals surface area (Å²) in [5, 5.41) is 4.85. The van der Waals surface area contributed by atoms with Gasteiger partial charge < -0.3 is 9.26 Å². The Morgan fingerprint density at radius 1 is 1.17 bits per heavy atom. The summed E-state index contributed by atoms with van der Waals surface area (Å²) in [5.74, 6) is 0.179. The molecule has 0 spiro atoms. The summed E-state index contributed by atoms with van der Waals surface area (Å²) in [6.45, 7) is 0. The predicted molar refractivity (Wildman–Crippen MR) is 86.5 cm³/mol. The van der Waals surface area contributed by atoms with Gasteiger partial charge in [-0.3, -0.25) is 0 Å². The van der Waals surface area contributed by atoms with Crippen molar-refractivity contribution in [3.8, 4) is 22.8 Å². The SMILES string of the molecule is COC(=O)c1cccc(-c2noc(-c3ccc(Cl)cc3Cl)n2)c1. The highest BCUT2D eigenvalue weighted by Crippen LogP contribution is 2.30. The van der Waals surface area contributed by atoms with Gasteiger partial charge in [0.1, 0.15) is 0 Å². The first-order chi connectivity index (χ1) is 11.1. The van der Waals surface area contributed by atoms with Gasteiger partial charge >= 0.3 is 5.97 Å². The molecular weight excluding hydrogens is 339 g/mol. The highest BCUT2D eigenvalue weighted by molar-refractivity contribution is 6.36. The van der Waals surface area contributed by atoms with Crippen molar-refractivity contribution in [2.45, 2.75) is 0 Å². The molecule has 0 amide bonds. The molecule has 5 nitrogen and oxygen atoms in total. The van der Waals surface area contributed by atoms with Gasteiger partial charge in [0, 0.05) is 10.6 Å². The standard InChI is InChI=1S/C16H10Cl2N2O3/c1-22-16(21)10-4-2-3-9(7-10)14-19-15(23-20-14)12-6-5-11(17)8-13(12)18/h2-8H,1H3. The molecule has 2 aromatic carbocycles. The van der Waals surface area contributed by atoms with Gasteiger partial charge in [-0.1, -0.05) is 40.5 Å². The second kappa shape index (κ2) is 6.40. The number of esters is 1. The highest BCUT2D eigenvalue weighted by atomic mass is 35.5. The number of ether oxygens (including phenoxy) is 1. The Kier molecular flexibility index (Phi) is 4.32. The fourth-order valence-electron chi connectivity index (χ4n) is 2.02. The van der Waals surface area contributed by atoms with Crippen molar-refractivity contribution >= 4 is 29.2 Å². The largest absolute Gasteiger partial charge is 0.465 e. The van der Waals surface area contributed by atoms with Crippen molar-refractivity contribution in [2.24, 2.45) is 0 Å². The Bertz CT molecular complexity index is 877. The zero-order valence-corrected chi connectivity index (χ0v) is 13.4. The molecule has 0 atom stereocenters. The second-order valence-corrected chi connectivity index (χ2v) is 5.46. The summed E-state index contributed by atoms with van der Waals surface area (Å²) < 4.78 is 9.94. The minimum Gasteiger partial charge on any atom is -0.465 e. The average molecular weight is 349 g/mol. The zero-order chi connectivity index (χ0) is 16.4. The summed E-state index contributed by atoms with van der Waals surface area (Å²) in [7, 11) is 1.32. The summed E-state index contributed by atoms with van der Waals surface area (Å²) in [4.78, 5) is 15.9. The van der Waals surface area contributed by atoms with Crippen LogP contribution >= 0.6 is 23.2 Å². The van der Waals surface area contributed by atoms with Crippen LogP contribution in [0, 0.1) is 0 Å². The van der Waals surface area contributed by atoms with Crippen LogP contribution in [0.1, 0.15) is 10.4 Å². The van der Waals surface area contributed by atoms with Gasteiger partial charge in [0.25, 0.3) is 5.89 Å². The van der Waals surface area contributed by atoms with Crippen molar-refractivity contribution in [1.29, 1.82) is 0 Å². The third kappa shape index (κ3) is 3.21. The van der Waals surface area contributed by atoms with E-state index < -0.39 is 5.97 Å². The third-order valence-electron chi connectivity index (χ3n) is 3.13. The fourth-order valence-corrected chi connectivity index (χ4v) is 2.51. The summed E-state index contributed by atoms with van der Waals surface area (Å²) >= 11 is 12.0. The van der Waals surface area contributed by atoms with Crippen molar-refractivity contribution in [2.75, 3.05) is 7.11 Å². The number of rotatable bonds is 3. The minimum atomic E-state index is -0.434. The maximum atomic E-state index is 11.6. The van der Waals surface area contributed by atoms with E-state index >= 15 is 0 Å². The van der Waals surface area contributed by atoms with Gasteiger partial charge in [-0.2, -0.15) is 4.98 Å². The number of nitrogens with zero attached hydrogens (tertiary/aromatic N) is 2. The minimum absolute atomic E-state index is 0.269. The van der Waals surface area contributed by atoms with E-state index in [1.165, 1.54) is 7.11 Å². The number of aromatic nitrogens is 2. The van der Waals surface area contributed by atoms with Crippen LogP contribution in [0.15, 0.2) is 47.0 Å². The normalized spacial score (nSPS) is 10.6. The second-order valence-electron chi connectivity index (χ2n) is 4.62. The summed E-state index contributed by atoms with van der Waals surface area (Å²) in [6.07, 6.45) is 0. The van der Waals surface area contributed by atoms with E-state index in [2.05, 4.69) is 10.1 Å². The van der Waals surface area contributed by atoms with Crippen LogP contribution in [0.25, 0.3) is 22.8 Å². The lowest BCUT2D eigenvalue weighted by atomic mass is 10.1. The lowest BCUT2D eigenvalue weighted by Gasteiger charge is -2.00. The number of hydrogen-bond donors (Lipinski definition) is 0. The van der Waals surface area contributed by atoms with Crippen molar-refractivity contribution in [3.63, 3.8) is 0 Å². The van der Waals surface area contributed by atoms with E-state index in [1.807, 2.05) is 0 Å². The van der Waals surface area contributed by atoms with Crippen LogP contribution in [0.2, 0.25) is 10.0 Å². The zero-order valence-electron chi connectivity index (χ0n) is 11.9. The first kappa shape index (κ1) is 15.5. The van der Waals surface area contributed by atoms with E-state index in [-0.39, 0.29) is 5.89 Å². The molecule has 0 aliphatic carbocycles. The molecule has 23 heavy (non-hydrogen) atoms. The molecule has 0 fully saturated rings. The predicted octanol–water partition coefficient (Wildman–Crippen LogP) is 4.50. The van der Waals surface area contributed by atoms with Crippen LogP contribution in [0.5, 0.6) is 0 Å². The Balaban J connectivity index is 1.97. The molecule has 0 unspecified atom stereocenters. The first-order valence-electron chi connectivity index (χ1n) is 6.56. The van der Waals surface area contributed by atoms with E-state index in [4.69, 9.17) is 32.5 Å². The Labute approximate surface area is 141 Å². The number of halogens is 2. The van der Waals surface area contributed by atoms with E-state index in [1.54, 1.807) is 42.5 Å². The molecule has 0 bridgehead atoms. The monoisotopic (exact) mass is 348 g/mol. The van der Waals surface area contributed by atoms with E-state index in [0.717, 1.165) is 0 Å². The van der Waals surface area contributed by atoms with Gasteiger partial charge in [0.2, 0.25) is 5.82 Å². The Morgan fingerprint density at radius 2 is 2.00 bits per heavy atom. The quantitative estimate of drug-likeness (QED) is 0.652. The van der Waals surface area contributed by atoms with Crippen molar-refractivity contribution in [3.05, 3.63) is 58.1 Å². The van der Waals surface area contributed by atoms with Crippen LogP contribution < -0.4 is 0 Å². The molecule has 0 N–H and O–H groups in total. The smallest absolute Gasteiger partial charge is 0.337 e. The van der Waals surface area contributed by atoms with Crippen LogP contribution in [-0.2, 0) is 4.74 Å². The van der Waals surface area contributed by atoms with Crippen molar-refractivity contribution < 1.29 is 14.1 Å². The third-order valence-corrected chi connectivity index (χ3v) is 3.68. The van der Waals surface area contributed by atoms with Crippen LogP contribution in [0.3, 0.4) is 0 Å². The summed E-state index contributed by atoms with van der Waals surface area (Å²) in [5.41, 5.74) is 1.62. The molecule has 3 rings (SSSR count). The summed E-state index contributed by atoms with van der Waals surface area (Å²) in [6, 6.07) is 11.7. The number of carbonyl (C=O) groups excluding carboxylic acids is 1. The molecule has 0 saturated carbocycles.